The number of hydrogen-bond donors (Lipinski definition) is 1. The molecular formula is C11H10N2O2S2. The molecule has 88 valence electrons. The Bertz CT molecular complexity index is 582. The number of carbonyl (C=O) groups excluding carboxylic acids is 1. The zero-order valence-electron chi connectivity index (χ0n) is 8.88. The highest BCUT2D eigenvalue weighted by atomic mass is 32.2. The number of cyclic esters (lactones) is 1. The van der Waals surface area contributed by atoms with Gasteiger partial charge in [0.1, 0.15) is 5.25 Å². The fraction of sp³-hybridized carbons (Fsp3) is 0.273. The van der Waals surface area contributed by atoms with Crippen LogP contribution in [0.1, 0.15) is 6.42 Å². The van der Waals surface area contributed by atoms with Gasteiger partial charge >= 0.3 is 5.97 Å². The second-order valence-corrected chi connectivity index (χ2v) is 6.25. The second kappa shape index (κ2) is 4.19. The van der Waals surface area contributed by atoms with E-state index in [9.17, 15) is 4.79 Å². The number of rotatable bonds is 2. The van der Waals surface area contributed by atoms with Crippen molar-refractivity contribution in [2.45, 2.75) is 16.0 Å². The predicted octanol–water partition coefficient (Wildman–Crippen LogP) is 2.29. The number of nitrogens with zero attached hydrogens (tertiary/aromatic N) is 1. The number of nitrogens with two attached hydrogens (primary N) is 1. The standard InChI is InChI=1S/C11H10N2O2S2/c12-6-1-2-7-9(5-6)17-11(13-7)16-8-3-4-15-10(8)14/h1-2,5,8H,3-4,12H2. The molecule has 6 heteroatoms. The van der Waals surface area contributed by atoms with Crippen molar-refractivity contribution in [3.63, 3.8) is 0 Å². The van der Waals surface area contributed by atoms with Gasteiger partial charge in [-0.15, -0.1) is 11.3 Å². The van der Waals surface area contributed by atoms with Crippen LogP contribution in [0.2, 0.25) is 0 Å². The summed E-state index contributed by atoms with van der Waals surface area (Å²) < 4.78 is 6.88. The number of nitrogen functional groups attached to an aromatic ring is 1. The lowest BCUT2D eigenvalue weighted by atomic mass is 10.3. The SMILES string of the molecule is Nc1ccc2nc(SC3CCOC3=O)sc2c1. The number of thioether (sulfide) groups is 1. The average molecular weight is 266 g/mol. The molecule has 0 saturated carbocycles. The molecule has 1 unspecified atom stereocenters. The van der Waals surface area contributed by atoms with E-state index in [1.165, 1.54) is 11.8 Å². The Balaban J connectivity index is 1.88. The van der Waals surface area contributed by atoms with Gasteiger partial charge in [0.2, 0.25) is 0 Å². The molecule has 2 heterocycles. The maximum atomic E-state index is 11.4. The maximum Gasteiger partial charge on any atom is 0.319 e. The molecule has 0 aliphatic carbocycles. The normalized spacial score (nSPS) is 19.8. The molecule has 1 aromatic heterocycles. The lowest BCUT2D eigenvalue weighted by Gasteiger charge is -1.99. The van der Waals surface area contributed by atoms with Gasteiger partial charge in [0.15, 0.2) is 4.34 Å². The summed E-state index contributed by atoms with van der Waals surface area (Å²) >= 11 is 3.05. The molecule has 3 rings (SSSR count). The van der Waals surface area contributed by atoms with Crippen LogP contribution in [-0.4, -0.2) is 22.8 Å². The Hall–Kier alpha value is -1.27. The van der Waals surface area contributed by atoms with Crippen LogP contribution in [0.3, 0.4) is 0 Å². The third-order valence-corrected chi connectivity index (χ3v) is 4.88. The topological polar surface area (TPSA) is 65.2 Å². The van der Waals surface area contributed by atoms with E-state index in [1.54, 1.807) is 11.3 Å². The number of aromatic nitrogens is 1. The first-order chi connectivity index (χ1) is 8.22. The van der Waals surface area contributed by atoms with Gasteiger partial charge in [-0.25, -0.2) is 4.98 Å². The zero-order valence-corrected chi connectivity index (χ0v) is 10.5. The summed E-state index contributed by atoms with van der Waals surface area (Å²) in [7, 11) is 0. The Labute approximate surface area is 106 Å². The van der Waals surface area contributed by atoms with Gasteiger partial charge in [0, 0.05) is 12.1 Å². The molecule has 0 radical (unpaired) electrons. The third kappa shape index (κ3) is 2.10. The van der Waals surface area contributed by atoms with E-state index >= 15 is 0 Å². The van der Waals surface area contributed by atoms with Gasteiger partial charge in [-0.3, -0.25) is 4.79 Å². The van der Waals surface area contributed by atoms with E-state index in [1.807, 2.05) is 18.2 Å². The van der Waals surface area contributed by atoms with Gasteiger partial charge in [-0.1, -0.05) is 11.8 Å². The molecule has 1 aliphatic rings. The minimum atomic E-state index is -0.131. The van der Waals surface area contributed by atoms with Crippen LogP contribution in [0.5, 0.6) is 0 Å². The predicted molar refractivity (Wildman–Crippen MR) is 69.3 cm³/mol. The summed E-state index contributed by atoms with van der Waals surface area (Å²) in [4.78, 5) is 15.8. The Morgan fingerprint density at radius 3 is 3.18 bits per heavy atom. The van der Waals surface area contributed by atoms with Crippen molar-refractivity contribution in [1.29, 1.82) is 0 Å². The molecule has 2 aromatic rings. The monoisotopic (exact) mass is 266 g/mol. The fourth-order valence-electron chi connectivity index (χ4n) is 1.68. The number of fused-ring (bicyclic) bond motifs is 1. The van der Waals surface area contributed by atoms with Gasteiger partial charge in [0.05, 0.1) is 16.8 Å². The van der Waals surface area contributed by atoms with Crippen LogP contribution in [0, 0.1) is 0 Å². The van der Waals surface area contributed by atoms with Crippen molar-refractivity contribution >= 4 is 45.0 Å². The van der Waals surface area contributed by atoms with Crippen LogP contribution in [0.4, 0.5) is 5.69 Å². The fourth-order valence-corrected chi connectivity index (χ4v) is 4.00. The molecule has 0 bridgehead atoms. The summed E-state index contributed by atoms with van der Waals surface area (Å²) in [5.41, 5.74) is 7.38. The quantitative estimate of drug-likeness (QED) is 0.667. The van der Waals surface area contributed by atoms with Crippen molar-refractivity contribution in [3.8, 4) is 0 Å². The first-order valence-electron chi connectivity index (χ1n) is 5.22. The Morgan fingerprint density at radius 1 is 1.53 bits per heavy atom. The van der Waals surface area contributed by atoms with E-state index in [4.69, 9.17) is 10.5 Å². The summed E-state index contributed by atoms with van der Waals surface area (Å²) in [6, 6.07) is 5.64. The largest absolute Gasteiger partial charge is 0.465 e. The van der Waals surface area contributed by atoms with Gasteiger partial charge in [0.25, 0.3) is 0 Å². The van der Waals surface area contributed by atoms with E-state index in [0.29, 0.717) is 6.61 Å². The summed E-state index contributed by atoms with van der Waals surface area (Å²) in [5, 5.41) is -0.104. The Morgan fingerprint density at radius 2 is 2.41 bits per heavy atom. The van der Waals surface area contributed by atoms with Crippen molar-refractivity contribution < 1.29 is 9.53 Å². The molecule has 1 atom stereocenters. The van der Waals surface area contributed by atoms with E-state index < -0.39 is 0 Å². The van der Waals surface area contributed by atoms with E-state index in [-0.39, 0.29) is 11.2 Å². The van der Waals surface area contributed by atoms with Gasteiger partial charge in [-0.2, -0.15) is 0 Å². The molecule has 4 nitrogen and oxygen atoms in total. The van der Waals surface area contributed by atoms with E-state index in [0.717, 1.165) is 26.7 Å². The highest BCUT2D eigenvalue weighted by Gasteiger charge is 2.28. The first-order valence-corrected chi connectivity index (χ1v) is 6.91. The van der Waals surface area contributed by atoms with Crippen molar-refractivity contribution in [2.75, 3.05) is 12.3 Å². The van der Waals surface area contributed by atoms with Gasteiger partial charge < -0.3 is 10.5 Å². The number of esters is 1. The van der Waals surface area contributed by atoms with Crippen LogP contribution < -0.4 is 5.73 Å². The van der Waals surface area contributed by atoms with Crippen LogP contribution in [-0.2, 0) is 9.53 Å². The molecule has 1 fully saturated rings. The molecule has 1 aliphatic heterocycles. The summed E-state index contributed by atoms with van der Waals surface area (Å²) in [5.74, 6) is -0.131. The second-order valence-electron chi connectivity index (χ2n) is 3.77. The number of carbonyl (C=O) groups is 1. The highest BCUT2D eigenvalue weighted by Crippen LogP contribution is 2.35. The molecule has 1 saturated heterocycles. The van der Waals surface area contributed by atoms with Crippen LogP contribution >= 0.6 is 23.1 Å². The van der Waals surface area contributed by atoms with Gasteiger partial charge in [-0.05, 0) is 18.2 Å². The molecule has 17 heavy (non-hydrogen) atoms. The number of hydrogen-bond acceptors (Lipinski definition) is 6. The number of anilines is 1. The minimum absolute atomic E-state index is 0.104. The number of ether oxygens (including phenoxy) is 1. The summed E-state index contributed by atoms with van der Waals surface area (Å²) in [6.45, 7) is 0.522. The van der Waals surface area contributed by atoms with Crippen molar-refractivity contribution in [3.05, 3.63) is 18.2 Å². The average Bonchev–Trinajstić information content (AvgIpc) is 2.85. The van der Waals surface area contributed by atoms with Crippen LogP contribution in [0.25, 0.3) is 10.2 Å². The molecular weight excluding hydrogens is 256 g/mol. The first kappa shape index (κ1) is 10.9. The molecule has 1 aromatic carbocycles. The van der Waals surface area contributed by atoms with Crippen molar-refractivity contribution in [2.24, 2.45) is 0 Å². The number of benzene rings is 1. The molecule has 0 spiro atoms. The van der Waals surface area contributed by atoms with Crippen molar-refractivity contribution in [1.82, 2.24) is 4.98 Å². The summed E-state index contributed by atoms with van der Waals surface area (Å²) in [6.07, 6.45) is 0.765. The Kier molecular flexibility index (Phi) is 2.68. The lowest BCUT2D eigenvalue weighted by molar-refractivity contribution is -0.137. The highest BCUT2D eigenvalue weighted by molar-refractivity contribution is 8.02. The smallest absolute Gasteiger partial charge is 0.319 e. The van der Waals surface area contributed by atoms with Crippen LogP contribution in [0.15, 0.2) is 22.5 Å². The zero-order chi connectivity index (χ0) is 11.8. The lowest BCUT2D eigenvalue weighted by Crippen LogP contribution is -2.08. The molecule has 2 N–H and O–H groups in total. The molecule has 0 amide bonds. The number of thiazole rings is 1. The third-order valence-electron chi connectivity index (χ3n) is 2.52. The van der Waals surface area contributed by atoms with E-state index in [2.05, 4.69) is 4.98 Å². The minimum Gasteiger partial charge on any atom is -0.465 e. The maximum absolute atomic E-state index is 11.4.